The quantitative estimate of drug-likeness (QED) is 0.641. The Labute approximate surface area is 176 Å². The van der Waals surface area contributed by atoms with Crippen LogP contribution in [0, 0.1) is 6.92 Å². The molecule has 0 fully saturated rings. The van der Waals surface area contributed by atoms with Crippen LogP contribution in [-0.2, 0) is 19.6 Å². The van der Waals surface area contributed by atoms with Crippen LogP contribution in [0.2, 0.25) is 0 Å². The van der Waals surface area contributed by atoms with Crippen molar-refractivity contribution in [3.05, 3.63) is 53.6 Å². The van der Waals surface area contributed by atoms with Gasteiger partial charge in [0.2, 0.25) is 10.0 Å². The maximum Gasteiger partial charge on any atom is 0.338 e. The van der Waals surface area contributed by atoms with Gasteiger partial charge >= 0.3 is 5.97 Å². The molecule has 2 aromatic carbocycles. The van der Waals surface area contributed by atoms with Crippen molar-refractivity contribution in [1.29, 1.82) is 0 Å². The smallest absolute Gasteiger partial charge is 0.338 e. The molecule has 162 valence electrons. The zero-order valence-electron chi connectivity index (χ0n) is 17.6. The summed E-state index contributed by atoms with van der Waals surface area (Å²) in [5.74, 6) is -0.409. The lowest BCUT2D eigenvalue weighted by atomic mass is 10.1. The fourth-order valence-corrected chi connectivity index (χ4v) is 3.23. The van der Waals surface area contributed by atoms with Crippen LogP contribution >= 0.6 is 0 Å². The van der Waals surface area contributed by atoms with E-state index in [1.54, 1.807) is 49.4 Å². The number of nitrogens with one attached hydrogen (secondary N) is 1. The minimum absolute atomic E-state index is 0.361. The van der Waals surface area contributed by atoms with Crippen LogP contribution in [0.15, 0.2) is 42.5 Å². The van der Waals surface area contributed by atoms with Gasteiger partial charge in [0, 0.05) is 12.7 Å². The summed E-state index contributed by atoms with van der Waals surface area (Å²) in [4.78, 5) is 24.6. The van der Waals surface area contributed by atoms with Gasteiger partial charge < -0.3 is 14.8 Å². The maximum absolute atomic E-state index is 12.7. The van der Waals surface area contributed by atoms with E-state index in [2.05, 4.69) is 5.32 Å². The van der Waals surface area contributed by atoms with Crippen LogP contribution in [0.1, 0.15) is 29.3 Å². The van der Waals surface area contributed by atoms with Crippen LogP contribution in [0.3, 0.4) is 0 Å². The minimum Gasteiger partial charge on any atom is -0.481 e. The third-order valence-electron chi connectivity index (χ3n) is 4.64. The van der Waals surface area contributed by atoms with Gasteiger partial charge in [0.25, 0.3) is 5.91 Å². The summed E-state index contributed by atoms with van der Waals surface area (Å²) in [6.45, 7) is 3.54. The third-order valence-corrected chi connectivity index (χ3v) is 5.84. The SMILES string of the molecule is CC[C@H](Oc1ccc(N(C)S(C)(=O)=O)cc1)C(=O)Nc1cccc(C(=O)OC)c1C. The lowest BCUT2D eigenvalue weighted by Gasteiger charge is -2.20. The minimum atomic E-state index is -3.36. The van der Waals surface area contributed by atoms with Gasteiger partial charge in [0.05, 0.1) is 24.6 Å². The number of methoxy groups -OCH3 is 1. The first-order chi connectivity index (χ1) is 14.1. The van der Waals surface area contributed by atoms with Crippen molar-refractivity contribution < 1.29 is 27.5 Å². The Morgan fingerprint density at radius 2 is 1.77 bits per heavy atom. The molecule has 0 bridgehead atoms. The van der Waals surface area contributed by atoms with E-state index >= 15 is 0 Å². The van der Waals surface area contributed by atoms with Gasteiger partial charge in [-0.25, -0.2) is 13.2 Å². The molecule has 0 heterocycles. The predicted molar refractivity (Wildman–Crippen MR) is 116 cm³/mol. The molecule has 0 saturated heterocycles. The Bertz CT molecular complexity index is 1020. The van der Waals surface area contributed by atoms with E-state index in [0.717, 1.165) is 10.6 Å². The molecule has 9 heteroatoms. The van der Waals surface area contributed by atoms with E-state index in [0.29, 0.717) is 34.7 Å². The molecule has 0 aliphatic carbocycles. The third kappa shape index (κ3) is 5.50. The summed E-state index contributed by atoms with van der Waals surface area (Å²) in [5, 5.41) is 2.79. The van der Waals surface area contributed by atoms with E-state index in [1.165, 1.54) is 14.2 Å². The predicted octanol–water partition coefficient (Wildman–Crippen LogP) is 2.97. The number of hydrogen-bond donors (Lipinski definition) is 1. The maximum atomic E-state index is 12.7. The number of sulfonamides is 1. The highest BCUT2D eigenvalue weighted by molar-refractivity contribution is 7.92. The second-order valence-electron chi connectivity index (χ2n) is 6.70. The molecule has 1 N–H and O–H groups in total. The van der Waals surface area contributed by atoms with Crippen LogP contribution in [0.25, 0.3) is 0 Å². The highest BCUT2D eigenvalue weighted by Crippen LogP contribution is 2.23. The highest BCUT2D eigenvalue weighted by atomic mass is 32.2. The molecular formula is C21H26N2O6S. The van der Waals surface area contributed by atoms with Crippen LogP contribution in [-0.4, -0.2) is 46.8 Å². The molecule has 30 heavy (non-hydrogen) atoms. The number of rotatable bonds is 8. The molecule has 0 saturated carbocycles. The molecule has 0 radical (unpaired) electrons. The molecule has 0 aromatic heterocycles. The van der Waals surface area contributed by atoms with Crippen LogP contribution in [0.4, 0.5) is 11.4 Å². The molecule has 2 rings (SSSR count). The fourth-order valence-electron chi connectivity index (χ4n) is 2.73. The summed E-state index contributed by atoms with van der Waals surface area (Å²) in [7, 11) is -0.610. The Balaban J connectivity index is 2.13. The van der Waals surface area contributed by atoms with Crippen LogP contribution in [0.5, 0.6) is 5.75 Å². The largest absolute Gasteiger partial charge is 0.481 e. The van der Waals surface area contributed by atoms with E-state index in [1.807, 2.05) is 6.92 Å². The number of ether oxygens (including phenoxy) is 2. The second-order valence-corrected chi connectivity index (χ2v) is 8.71. The highest BCUT2D eigenvalue weighted by Gasteiger charge is 2.21. The number of carbonyl (C=O) groups excluding carboxylic acids is 2. The Morgan fingerprint density at radius 3 is 2.30 bits per heavy atom. The summed E-state index contributed by atoms with van der Waals surface area (Å²) in [6.07, 6.45) is 0.753. The molecule has 8 nitrogen and oxygen atoms in total. The van der Waals surface area contributed by atoms with Gasteiger partial charge in [0.15, 0.2) is 6.10 Å². The summed E-state index contributed by atoms with van der Waals surface area (Å²) < 4.78 is 34.9. The average Bonchev–Trinajstić information content (AvgIpc) is 2.72. The number of hydrogen-bond acceptors (Lipinski definition) is 6. The molecule has 0 aliphatic rings. The standard InChI is InChI=1S/C21H26N2O6S/c1-6-19(29-16-12-10-15(11-13-16)23(3)30(5,26)27)20(24)22-18-9-7-8-17(14(18)2)21(25)28-4/h7-13,19H,6H2,1-5H3,(H,22,24)/t19-/m0/s1. The number of esters is 1. The number of nitrogens with zero attached hydrogens (tertiary/aromatic N) is 1. The number of carbonyl (C=O) groups is 2. The Kier molecular flexibility index (Phi) is 7.44. The monoisotopic (exact) mass is 434 g/mol. The van der Waals surface area contributed by atoms with Crippen molar-refractivity contribution in [2.45, 2.75) is 26.4 Å². The van der Waals surface area contributed by atoms with Crippen molar-refractivity contribution in [3.63, 3.8) is 0 Å². The lowest BCUT2D eigenvalue weighted by molar-refractivity contribution is -0.122. The van der Waals surface area contributed by atoms with Crippen molar-refractivity contribution in [2.24, 2.45) is 0 Å². The van der Waals surface area contributed by atoms with Gasteiger partial charge in [-0.2, -0.15) is 0 Å². The fraction of sp³-hybridized carbons (Fsp3) is 0.333. The van der Waals surface area contributed by atoms with Crippen molar-refractivity contribution >= 4 is 33.3 Å². The number of benzene rings is 2. The van der Waals surface area contributed by atoms with Crippen molar-refractivity contribution in [3.8, 4) is 5.75 Å². The van der Waals surface area contributed by atoms with Gasteiger partial charge in [-0.15, -0.1) is 0 Å². The zero-order valence-corrected chi connectivity index (χ0v) is 18.4. The van der Waals surface area contributed by atoms with Crippen molar-refractivity contribution in [1.82, 2.24) is 0 Å². The topological polar surface area (TPSA) is 102 Å². The van der Waals surface area contributed by atoms with Gasteiger partial charge in [-0.1, -0.05) is 13.0 Å². The average molecular weight is 435 g/mol. The normalized spacial score (nSPS) is 12.0. The van der Waals surface area contributed by atoms with E-state index in [4.69, 9.17) is 9.47 Å². The number of amides is 1. The second kappa shape index (κ2) is 9.62. The molecule has 2 aromatic rings. The summed E-state index contributed by atoms with van der Waals surface area (Å²) in [5.41, 5.74) is 1.95. The molecule has 1 atom stereocenters. The summed E-state index contributed by atoms with van der Waals surface area (Å²) in [6, 6.07) is 11.4. The molecule has 0 unspecified atom stereocenters. The molecule has 1 amide bonds. The van der Waals surface area contributed by atoms with Gasteiger partial charge in [-0.3, -0.25) is 9.10 Å². The lowest BCUT2D eigenvalue weighted by Crippen LogP contribution is -2.32. The van der Waals surface area contributed by atoms with E-state index in [-0.39, 0.29) is 5.91 Å². The molecular weight excluding hydrogens is 408 g/mol. The Hall–Kier alpha value is -3.07. The first-order valence-electron chi connectivity index (χ1n) is 9.27. The van der Waals surface area contributed by atoms with Crippen LogP contribution < -0.4 is 14.4 Å². The van der Waals surface area contributed by atoms with Crippen molar-refractivity contribution in [2.75, 3.05) is 30.0 Å². The first-order valence-corrected chi connectivity index (χ1v) is 11.1. The number of anilines is 2. The van der Waals surface area contributed by atoms with Gasteiger partial charge in [0.1, 0.15) is 5.75 Å². The van der Waals surface area contributed by atoms with Gasteiger partial charge in [-0.05, 0) is 55.3 Å². The first kappa shape index (κ1) is 23.2. The zero-order chi connectivity index (χ0) is 22.5. The Morgan fingerprint density at radius 1 is 1.13 bits per heavy atom. The van der Waals surface area contributed by atoms with E-state index in [9.17, 15) is 18.0 Å². The molecule has 0 aliphatic heterocycles. The molecule has 0 spiro atoms. The van der Waals surface area contributed by atoms with E-state index < -0.39 is 22.1 Å². The summed E-state index contributed by atoms with van der Waals surface area (Å²) >= 11 is 0.